The minimum Gasteiger partial charge on any atom is -0.399 e. The van der Waals surface area contributed by atoms with Crippen molar-refractivity contribution < 1.29 is 8.42 Å². The summed E-state index contributed by atoms with van der Waals surface area (Å²) >= 11 is 6.11. The maximum atomic E-state index is 11.5. The van der Waals surface area contributed by atoms with Crippen LogP contribution < -0.4 is 5.73 Å². The molecular formula is C12H17ClN2O2S. The van der Waals surface area contributed by atoms with Gasteiger partial charge in [0.15, 0.2) is 9.84 Å². The van der Waals surface area contributed by atoms with Crippen molar-refractivity contribution in [2.45, 2.75) is 13.0 Å². The lowest BCUT2D eigenvalue weighted by atomic mass is 10.2. The number of benzene rings is 1. The Bertz CT molecular complexity index is 531. The van der Waals surface area contributed by atoms with E-state index in [1.807, 2.05) is 6.07 Å². The largest absolute Gasteiger partial charge is 0.399 e. The number of nitrogen functional groups attached to an aromatic ring is 1. The normalized spacial score (nSPS) is 20.5. The van der Waals surface area contributed by atoms with Crippen LogP contribution in [0.2, 0.25) is 5.02 Å². The third-order valence-corrected chi connectivity index (χ3v) is 5.20. The van der Waals surface area contributed by atoms with Crippen LogP contribution >= 0.6 is 11.6 Å². The lowest BCUT2D eigenvalue weighted by molar-refractivity contribution is 0.287. The number of hydrogen-bond acceptors (Lipinski definition) is 4. The summed E-state index contributed by atoms with van der Waals surface area (Å²) in [7, 11) is -2.86. The lowest BCUT2D eigenvalue weighted by Crippen LogP contribution is -2.26. The summed E-state index contributed by atoms with van der Waals surface area (Å²) in [6.07, 6.45) is 0.683. The van der Waals surface area contributed by atoms with E-state index < -0.39 is 9.84 Å². The van der Waals surface area contributed by atoms with Gasteiger partial charge in [-0.05, 0) is 36.7 Å². The van der Waals surface area contributed by atoms with Crippen molar-refractivity contribution in [3.8, 4) is 0 Å². The summed E-state index contributed by atoms with van der Waals surface area (Å²) in [5, 5.41) is 0.677. The number of hydrogen-bond donors (Lipinski definition) is 1. The number of halogens is 1. The second-order valence-electron chi connectivity index (χ2n) is 4.63. The van der Waals surface area contributed by atoms with Gasteiger partial charge in [-0.25, -0.2) is 8.42 Å². The Hall–Kier alpha value is -0.780. The number of rotatable bonds is 2. The first-order chi connectivity index (χ1) is 8.46. The molecule has 1 fully saturated rings. The van der Waals surface area contributed by atoms with Crippen LogP contribution in [-0.4, -0.2) is 37.9 Å². The first-order valence-corrected chi connectivity index (χ1v) is 8.13. The molecule has 1 aliphatic heterocycles. The summed E-state index contributed by atoms with van der Waals surface area (Å²) in [6.45, 7) is 2.00. The zero-order valence-corrected chi connectivity index (χ0v) is 11.7. The lowest BCUT2D eigenvalue weighted by Gasteiger charge is -2.20. The van der Waals surface area contributed by atoms with Crippen LogP contribution in [0.1, 0.15) is 12.0 Å². The fourth-order valence-corrected chi connectivity index (χ4v) is 3.59. The zero-order valence-electron chi connectivity index (χ0n) is 10.1. The molecule has 0 unspecified atom stereocenters. The second kappa shape index (κ2) is 5.47. The predicted molar refractivity (Wildman–Crippen MR) is 74.4 cm³/mol. The molecule has 1 heterocycles. The molecule has 0 saturated carbocycles. The molecule has 1 aliphatic rings. The van der Waals surface area contributed by atoms with E-state index in [0.29, 0.717) is 30.2 Å². The van der Waals surface area contributed by atoms with E-state index in [-0.39, 0.29) is 11.5 Å². The van der Waals surface area contributed by atoms with Crippen molar-refractivity contribution in [1.82, 2.24) is 4.90 Å². The molecule has 0 spiro atoms. The van der Waals surface area contributed by atoms with Crippen molar-refractivity contribution in [2.75, 3.05) is 30.3 Å². The molecule has 6 heteroatoms. The van der Waals surface area contributed by atoms with Crippen LogP contribution in [0.15, 0.2) is 18.2 Å². The van der Waals surface area contributed by atoms with Crippen LogP contribution in [-0.2, 0) is 16.4 Å². The summed E-state index contributed by atoms with van der Waals surface area (Å²) in [6, 6.07) is 5.39. The summed E-state index contributed by atoms with van der Waals surface area (Å²) in [5.41, 5.74) is 7.37. The number of nitrogens with zero attached hydrogens (tertiary/aromatic N) is 1. The average Bonchev–Trinajstić information content (AvgIpc) is 2.46. The van der Waals surface area contributed by atoms with Gasteiger partial charge >= 0.3 is 0 Å². The van der Waals surface area contributed by atoms with Gasteiger partial charge in [-0.3, -0.25) is 4.90 Å². The molecule has 1 aromatic carbocycles. The van der Waals surface area contributed by atoms with E-state index in [2.05, 4.69) is 4.90 Å². The van der Waals surface area contributed by atoms with Crippen LogP contribution in [0.5, 0.6) is 0 Å². The molecule has 0 aliphatic carbocycles. The molecule has 18 heavy (non-hydrogen) atoms. The summed E-state index contributed by atoms with van der Waals surface area (Å²) < 4.78 is 23.0. The number of anilines is 1. The Morgan fingerprint density at radius 3 is 2.83 bits per heavy atom. The zero-order chi connectivity index (χ0) is 13.2. The highest BCUT2D eigenvalue weighted by atomic mass is 35.5. The van der Waals surface area contributed by atoms with Gasteiger partial charge in [0.2, 0.25) is 0 Å². The highest BCUT2D eigenvalue weighted by Crippen LogP contribution is 2.21. The molecule has 0 atom stereocenters. The monoisotopic (exact) mass is 288 g/mol. The fourth-order valence-electron chi connectivity index (χ4n) is 2.10. The molecule has 4 nitrogen and oxygen atoms in total. The van der Waals surface area contributed by atoms with E-state index >= 15 is 0 Å². The van der Waals surface area contributed by atoms with Crippen molar-refractivity contribution in [2.24, 2.45) is 0 Å². The molecule has 1 saturated heterocycles. The average molecular weight is 289 g/mol. The van der Waals surface area contributed by atoms with E-state index in [0.717, 1.165) is 12.1 Å². The predicted octanol–water partition coefficient (Wildman–Crippen LogP) is 1.54. The maximum Gasteiger partial charge on any atom is 0.151 e. The van der Waals surface area contributed by atoms with Crippen LogP contribution in [0.25, 0.3) is 0 Å². The van der Waals surface area contributed by atoms with E-state index in [4.69, 9.17) is 17.3 Å². The van der Waals surface area contributed by atoms with Gasteiger partial charge < -0.3 is 5.73 Å². The summed E-state index contributed by atoms with van der Waals surface area (Å²) in [5.74, 6) is 0.515. The Morgan fingerprint density at radius 1 is 1.28 bits per heavy atom. The highest BCUT2D eigenvalue weighted by Gasteiger charge is 2.19. The Morgan fingerprint density at radius 2 is 2.06 bits per heavy atom. The van der Waals surface area contributed by atoms with Crippen LogP contribution in [0.4, 0.5) is 5.69 Å². The van der Waals surface area contributed by atoms with E-state index in [9.17, 15) is 8.42 Å². The first kappa shape index (κ1) is 13.6. The molecular weight excluding hydrogens is 272 g/mol. The topological polar surface area (TPSA) is 63.4 Å². The standard InChI is InChI=1S/C12H17ClN2O2S/c13-12-3-2-11(14)8-10(12)9-15-4-1-6-18(16,17)7-5-15/h2-3,8H,1,4-7,9,14H2. The highest BCUT2D eigenvalue weighted by molar-refractivity contribution is 7.91. The summed E-state index contributed by atoms with van der Waals surface area (Å²) in [4.78, 5) is 2.12. The quantitative estimate of drug-likeness (QED) is 0.839. The fraction of sp³-hybridized carbons (Fsp3) is 0.500. The van der Waals surface area contributed by atoms with Crippen LogP contribution in [0, 0.1) is 0 Å². The maximum absolute atomic E-state index is 11.5. The molecule has 2 rings (SSSR count). The second-order valence-corrected chi connectivity index (χ2v) is 7.34. The van der Waals surface area contributed by atoms with Crippen molar-refractivity contribution in [3.05, 3.63) is 28.8 Å². The molecule has 0 bridgehead atoms. The van der Waals surface area contributed by atoms with Gasteiger partial charge in [0.25, 0.3) is 0 Å². The molecule has 1 aromatic rings. The molecule has 0 aromatic heterocycles. The van der Waals surface area contributed by atoms with Gasteiger partial charge in [0.1, 0.15) is 0 Å². The Balaban J connectivity index is 2.07. The number of nitrogens with two attached hydrogens (primary N) is 1. The molecule has 0 radical (unpaired) electrons. The van der Waals surface area contributed by atoms with Crippen molar-refractivity contribution in [1.29, 1.82) is 0 Å². The van der Waals surface area contributed by atoms with Crippen molar-refractivity contribution in [3.63, 3.8) is 0 Å². The SMILES string of the molecule is Nc1ccc(Cl)c(CN2CCCS(=O)(=O)CC2)c1. The van der Waals surface area contributed by atoms with Gasteiger partial charge in [0, 0.05) is 23.8 Å². The molecule has 0 amide bonds. The minimum absolute atomic E-state index is 0.229. The van der Waals surface area contributed by atoms with Gasteiger partial charge in [-0.2, -0.15) is 0 Å². The van der Waals surface area contributed by atoms with Crippen molar-refractivity contribution >= 4 is 27.1 Å². The van der Waals surface area contributed by atoms with E-state index in [1.165, 1.54) is 0 Å². The Kier molecular flexibility index (Phi) is 4.14. The first-order valence-electron chi connectivity index (χ1n) is 5.93. The van der Waals surface area contributed by atoms with Crippen LogP contribution in [0.3, 0.4) is 0 Å². The van der Waals surface area contributed by atoms with Gasteiger partial charge in [0.05, 0.1) is 11.5 Å². The van der Waals surface area contributed by atoms with Gasteiger partial charge in [-0.15, -0.1) is 0 Å². The van der Waals surface area contributed by atoms with E-state index in [1.54, 1.807) is 12.1 Å². The Labute approximate surface area is 113 Å². The minimum atomic E-state index is -2.86. The molecule has 2 N–H and O–H groups in total. The molecule has 100 valence electrons. The number of sulfone groups is 1. The third-order valence-electron chi connectivity index (χ3n) is 3.11. The third kappa shape index (κ3) is 3.60. The smallest absolute Gasteiger partial charge is 0.151 e. The van der Waals surface area contributed by atoms with Gasteiger partial charge in [-0.1, -0.05) is 11.6 Å².